The van der Waals surface area contributed by atoms with E-state index in [0.717, 1.165) is 11.6 Å². The quantitative estimate of drug-likeness (QED) is 0.397. The number of amides is 2. The largest absolute Gasteiger partial charge is 0.350 e. The van der Waals surface area contributed by atoms with Crippen molar-refractivity contribution in [3.63, 3.8) is 0 Å². The number of non-ortho nitro benzene ring substituents is 1. The Kier molecular flexibility index (Phi) is 7.61. The van der Waals surface area contributed by atoms with Crippen molar-refractivity contribution < 1.29 is 22.9 Å². The van der Waals surface area contributed by atoms with Crippen LogP contribution in [-0.4, -0.2) is 38.2 Å². The van der Waals surface area contributed by atoms with Crippen LogP contribution < -0.4 is 15.4 Å². The fourth-order valence-corrected chi connectivity index (χ4v) is 3.27. The summed E-state index contributed by atoms with van der Waals surface area (Å²) in [6, 6.07) is 11.1. The summed E-state index contributed by atoms with van der Waals surface area (Å²) >= 11 is 0. The van der Waals surface area contributed by atoms with Crippen LogP contribution in [0.25, 0.3) is 0 Å². The molecule has 11 heteroatoms. The molecule has 2 aromatic carbocycles. The standard InChI is InChI=1S/C19H22N4O6S/c1-13(22-19(25)16-4-3-5-17(10-16)23(26)27)18(24)21-11-14-6-8-15(9-7-14)12-30(28,29)20-2/h3-10,13,20H,11-12H2,1-2H3,(H,21,24)(H,22,25)/t13-/m0/s1. The first-order chi connectivity index (χ1) is 14.1. The fraction of sp³-hybridized carbons (Fsp3) is 0.263. The molecule has 3 N–H and O–H groups in total. The maximum absolute atomic E-state index is 12.2. The molecule has 0 aromatic heterocycles. The highest BCUT2D eigenvalue weighted by Crippen LogP contribution is 2.13. The first-order valence-electron chi connectivity index (χ1n) is 8.93. The van der Waals surface area contributed by atoms with Crippen LogP contribution in [0.3, 0.4) is 0 Å². The van der Waals surface area contributed by atoms with Crippen molar-refractivity contribution in [1.29, 1.82) is 0 Å². The van der Waals surface area contributed by atoms with Gasteiger partial charge in [0.15, 0.2) is 0 Å². The van der Waals surface area contributed by atoms with Gasteiger partial charge in [-0.25, -0.2) is 13.1 Å². The molecule has 0 bridgehead atoms. The van der Waals surface area contributed by atoms with Crippen molar-refractivity contribution in [2.24, 2.45) is 0 Å². The van der Waals surface area contributed by atoms with Crippen molar-refractivity contribution in [3.05, 3.63) is 75.3 Å². The first kappa shape index (κ1) is 23.0. The molecule has 0 fully saturated rings. The van der Waals surface area contributed by atoms with Crippen LogP contribution in [0.15, 0.2) is 48.5 Å². The van der Waals surface area contributed by atoms with Gasteiger partial charge in [-0.05, 0) is 31.2 Å². The lowest BCUT2D eigenvalue weighted by atomic mass is 10.1. The molecular weight excluding hydrogens is 412 g/mol. The molecule has 30 heavy (non-hydrogen) atoms. The van der Waals surface area contributed by atoms with Gasteiger partial charge in [-0.1, -0.05) is 30.3 Å². The van der Waals surface area contributed by atoms with E-state index in [1.165, 1.54) is 32.2 Å². The molecule has 0 unspecified atom stereocenters. The van der Waals surface area contributed by atoms with E-state index < -0.39 is 32.8 Å². The molecule has 160 valence electrons. The third-order valence-corrected chi connectivity index (χ3v) is 5.55. The van der Waals surface area contributed by atoms with Crippen LogP contribution in [0.1, 0.15) is 28.4 Å². The molecule has 0 spiro atoms. The highest BCUT2D eigenvalue weighted by atomic mass is 32.2. The molecule has 0 aliphatic rings. The zero-order chi connectivity index (χ0) is 22.3. The molecule has 0 heterocycles. The van der Waals surface area contributed by atoms with Gasteiger partial charge in [0.1, 0.15) is 6.04 Å². The van der Waals surface area contributed by atoms with Gasteiger partial charge in [0.2, 0.25) is 15.9 Å². The summed E-state index contributed by atoms with van der Waals surface area (Å²) < 4.78 is 25.3. The molecule has 0 aliphatic heterocycles. The van der Waals surface area contributed by atoms with Gasteiger partial charge in [0.05, 0.1) is 10.7 Å². The average molecular weight is 434 g/mol. The Hall–Kier alpha value is -3.31. The van der Waals surface area contributed by atoms with Crippen LogP contribution in [0.2, 0.25) is 0 Å². The summed E-state index contributed by atoms with van der Waals surface area (Å²) in [5.74, 6) is -1.18. The number of hydrogen-bond donors (Lipinski definition) is 3. The maximum atomic E-state index is 12.2. The monoisotopic (exact) mass is 434 g/mol. The lowest BCUT2D eigenvalue weighted by Crippen LogP contribution is -2.44. The van der Waals surface area contributed by atoms with Gasteiger partial charge in [-0.2, -0.15) is 0 Å². The second kappa shape index (κ2) is 9.94. The molecule has 0 saturated heterocycles. The SMILES string of the molecule is CNS(=O)(=O)Cc1ccc(CNC(=O)[C@H](C)NC(=O)c2cccc([N+](=O)[O-])c2)cc1. The van der Waals surface area contributed by atoms with E-state index in [9.17, 15) is 28.1 Å². The van der Waals surface area contributed by atoms with E-state index >= 15 is 0 Å². The normalized spacial score (nSPS) is 12.1. The Bertz CT molecular complexity index is 1040. The average Bonchev–Trinajstić information content (AvgIpc) is 2.72. The van der Waals surface area contributed by atoms with Gasteiger partial charge >= 0.3 is 0 Å². The van der Waals surface area contributed by atoms with E-state index in [0.29, 0.717) is 5.56 Å². The number of carbonyl (C=O) groups excluding carboxylic acids is 2. The Morgan fingerprint density at radius 1 is 1.10 bits per heavy atom. The number of nitrogens with one attached hydrogen (secondary N) is 3. The third-order valence-electron chi connectivity index (χ3n) is 4.22. The molecule has 10 nitrogen and oxygen atoms in total. The van der Waals surface area contributed by atoms with Crippen LogP contribution in [0.4, 0.5) is 5.69 Å². The molecule has 1 atom stereocenters. The Morgan fingerprint density at radius 3 is 2.33 bits per heavy atom. The summed E-state index contributed by atoms with van der Waals surface area (Å²) in [7, 11) is -2.02. The van der Waals surface area contributed by atoms with Gasteiger partial charge in [0.25, 0.3) is 11.6 Å². The minimum Gasteiger partial charge on any atom is -0.350 e. The molecule has 2 amide bonds. The minimum atomic E-state index is -3.36. The van der Waals surface area contributed by atoms with Crippen LogP contribution in [0.5, 0.6) is 0 Å². The Labute approximate surface area is 173 Å². The number of sulfonamides is 1. The van der Waals surface area contributed by atoms with E-state index in [1.54, 1.807) is 24.3 Å². The van der Waals surface area contributed by atoms with Crippen molar-refractivity contribution in [2.75, 3.05) is 7.05 Å². The van der Waals surface area contributed by atoms with E-state index in [4.69, 9.17) is 0 Å². The first-order valence-corrected chi connectivity index (χ1v) is 10.6. The molecule has 0 saturated carbocycles. The van der Waals surface area contributed by atoms with Crippen molar-refractivity contribution in [1.82, 2.24) is 15.4 Å². The number of rotatable bonds is 9. The smallest absolute Gasteiger partial charge is 0.270 e. The summed E-state index contributed by atoms with van der Waals surface area (Å²) in [5, 5.41) is 16.0. The zero-order valence-electron chi connectivity index (χ0n) is 16.4. The number of nitro benzene ring substituents is 1. The topological polar surface area (TPSA) is 148 Å². The van der Waals surface area contributed by atoms with E-state index in [2.05, 4.69) is 15.4 Å². The predicted molar refractivity (Wildman–Crippen MR) is 110 cm³/mol. The van der Waals surface area contributed by atoms with Gasteiger partial charge in [-0.15, -0.1) is 0 Å². The molecule has 2 aromatic rings. The van der Waals surface area contributed by atoms with Crippen molar-refractivity contribution in [3.8, 4) is 0 Å². The number of nitro groups is 1. The maximum Gasteiger partial charge on any atom is 0.270 e. The summed E-state index contributed by atoms with van der Waals surface area (Å²) in [4.78, 5) is 34.6. The van der Waals surface area contributed by atoms with E-state index in [-0.39, 0.29) is 23.5 Å². The zero-order valence-corrected chi connectivity index (χ0v) is 17.2. The number of hydrogen-bond acceptors (Lipinski definition) is 6. The summed E-state index contributed by atoms with van der Waals surface area (Å²) in [6.07, 6.45) is 0. The predicted octanol–water partition coefficient (Wildman–Crippen LogP) is 1.08. The number of carbonyl (C=O) groups is 2. The van der Waals surface area contributed by atoms with Crippen molar-refractivity contribution >= 4 is 27.5 Å². The van der Waals surface area contributed by atoms with Gasteiger partial charge < -0.3 is 10.6 Å². The minimum absolute atomic E-state index is 0.0796. The van der Waals surface area contributed by atoms with Crippen molar-refractivity contribution in [2.45, 2.75) is 25.3 Å². The molecule has 0 radical (unpaired) electrons. The summed E-state index contributed by atoms with van der Waals surface area (Å²) in [5.41, 5.74) is 1.23. The number of benzene rings is 2. The fourth-order valence-electron chi connectivity index (χ4n) is 2.49. The Morgan fingerprint density at radius 2 is 1.73 bits per heavy atom. The number of nitrogens with zero attached hydrogens (tertiary/aromatic N) is 1. The molecule has 2 rings (SSSR count). The van der Waals surface area contributed by atoms with Crippen LogP contribution in [0, 0.1) is 10.1 Å². The van der Waals surface area contributed by atoms with Gasteiger partial charge in [-0.3, -0.25) is 19.7 Å². The summed E-state index contributed by atoms with van der Waals surface area (Å²) in [6.45, 7) is 1.69. The Balaban J connectivity index is 1.89. The second-order valence-electron chi connectivity index (χ2n) is 6.50. The lowest BCUT2D eigenvalue weighted by molar-refractivity contribution is -0.384. The van der Waals surface area contributed by atoms with Crippen LogP contribution >= 0.6 is 0 Å². The highest BCUT2D eigenvalue weighted by molar-refractivity contribution is 7.88. The lowest BCUT2D eigenvalue weighted by Gasteiger charge is -2.14. The molecular formula is C19H22N4O6S. The van der Waals surface area contributed by atoms with E-state index in [1.807, 2.05) is 0 Å². The highest BCUT2D eigenvalue weighted by Gasteiger charge is 2.18. The van der Waals surface area contributed by atoms with Gasteiger partial charge in [0, 0.05) is 24.2 Å². The third kappa shape index (κ3) is 6.64. The second-order valence-corrected chi connectivity index (χ2v) is 8.43. The van der Waals surface area contributed by atoms with Crippen LogP contribution in [-0.2, 0) is 27.1 Å². The molecule has 0 aliphatic carbocycles.